The van der Waals surface area contributed by atoms with Crippen molar-refractivity contribution in [3.05, 3.63) is 102 Å². The molecule has 0 atom stereocenters. The molecule has 1 aromatic carbocycles. The zero-order chi connectivity index (χ0) is 23.9. The SMILES string of the molecule is C=C1CCc2cc(-c3cncc(-c4cc(-c5cc(Cl)ccc5F)nc5ncccc45)c3)cnc2N1. The molecule has 5 heterocycles. The molecule has 1 N–H and O–H groups in total. The summed E-state index contributed by atoms with van der Waals surface area (Å²) in [5.74, 6) is 0.458. The smallest absolute Gasteiger partial charge is 0.160 e. The summed E-state index contributed by atoms with van der Waals surface area (Å²) in [6, 6.07) is 14.3. The van der Waals surface area contributed by atoms with Crippen LogP contribution in [0.25, 0.3) is 44.5 Å². The fraction of sp³-hybridized carbons (Fsp3) is 0.0714. The van der Waals surface area contributed by atoms with Gasteiger partial charge in [-0.15, -0.1) is 0 Å². The third-order valence-electron chi connectivity index (χ3n) is 6.13. The monoisotopic (exact) mass is 479 g/mol. The van der Waals surface area contributed by atoms with Gasteiger partial charge in [-0.2, -0.15) is 0 Å². The van der Waals surface area contributed by atoms with Crippen molar-refractivity contribution in [2.24, 2.45) is 0 Å². The lowest BCUT2D eigenvalue weighted by atomic mass is 9.97. The number of hydrogen-bond acceptors (Lipinski definition) is 5. The average Bonchev–Trinajstić information content (AvgIpc) is 2.89. The summed E-state index contributed by atoms with van der Waals surface area (Å²) >= 11 is 6.15. The Morgan fingerprint density at radius 1 is 0.886 bits per heavy atom. The quantitative estimate of drug-likeness (QED) is 0.299. The number of pyridine rings is 4. The fourth-order valence-electron chi connectivity index (χ4n) is 4.36. The van der Waals surface area contributed by atoms with Crippen LogP contribution in [-0.2, 0) is 6.42 Å². The number of allylic oxidation sites excluding steroid dienone is 1. The Labute approximate surface area is 206 Å². The van der Waals surface area contributed by atoms with Gasteiger partial charge in [0.15, 0.2) is 5.65 Å². The Balaban J connectivity index is 1.49. The Bertz CT molecular complexity index is 1630. The standard InChI is InChI=1S/C28H19ClFN5/c1-16-4-5-17-9-19(15-33-27(17)34-16)18-10-20(14-31-13-18)23-12-26(24-11-21(29)6-7-25(24)30)35-28-22(23)3-2-8-32-28/h2-3,6-15H,1,4-5H2,(H,33,34). The van der Waals surface area contributed by atoms with Crippen molar-refractivity contribution >= 4 is 28.5 Å². The maximum absolute atomic E-state index is 14.7. The van der Waals surface area contributed by atoms with Gasteiger partial charge in [0.2, 0.25) is 0 Å². The first-order chi connectivity index (χ1) is 17.0. The van der Waals surface area contributed by atoms with Crippen molar-refractivity contribution in [3.63, 3.8) is 0 Å². The van der Waals surface area contributed by atoms with E-state index in [9.17, 15) is 4.39 Å². The molecule has 1 aliphatic heterocycles. The van der Waals surface area contributed by atoms with E-state index in [0.29, 0.717) is 21.9 Å². The average molecular weight is 480 g/mol. The number of hydrogen-bond donors (Lipinski definition) is 1. The molecule has 0 spiro atoms. The molecule has 1 aliphatic rings. The van der Waals surface area contributed by atoms with E-state index in [1.165, 1.54) is 12.1 Å². The van der Waals surface area contributed by atoms with E-state index in [1.807, 2.05) is 30.6 Å². The molecule has 0 aliphatic carbocycles. The molecule has 35 heavy (non-hydrogen) atoms. The summed E-state index contributed by atoms with van der Waals surface area (Å²) in [5, 5.41) is 4.54. The second-order valence-electron chi connectivity index (χ2n) is 8.48. The second kappa shape index (κ2) is 8.56. The zero-order valence-electron chi connectivity index (χ0n) is 18.6. The second-order valence-corrected chi connectivity index (χ2v) is 8.91. The third-order valence-corrected chi connectivity index (χ3v) is 6.36. The highest BCUT2D eigenvalue weighted by Crippen LogP contribution is 2.35. The first-order valence-electron chi connectivity index (χ1n) is 11.2. The van der Waals surface area contributed by atoms with Crippen LogP contribution in [0.1, 0.15) is 12.0 Å². The van der Waals surface area contributed by atoms with Crippen LogP contribution in [0.3, 0.4) is 0 Å². The highest BCUT2D eigenvalue weighted by Gasteiger charge is 2.16. The Hall–Kier alpha value is -4.16. The number of anilines is 1. The molecule has 0 unspecified atom stereocenters. The Morgan fingerprint density at radius 2 is 1.74 bits per heavy atom. The van der Waals surface area contributed by atoms with Gasteiger partial charge in [-0.25, -0.2) is 19.3 Å². The number of benzene rings is 1. The summed E-state index contributed by atoms with van der Waals surface area (Å²) in [5.41, 5.74) is 7.07. The molecule has 170 valence electrons. The van der Waals surface area contributed by atoms with Crippen LogP contribution in [-0.4, -0.2) is 19.9 Å². The maximum atomic E-state index is 14.7. The van der Waals surface area contributed by atoms with E-state index in [-0.39, 0.29) is 0 Å². The molecule has 4 aromatic heterocycles. The van der Waals surface area contributed by atoms with Crippen LogP contribution < -0.4 is 5.32 Å². The molecular formula is C28H19ClFN5. The number of aryl methyl sites for hydroxylation is 1. The minimum absolute atomic E-state index is 0.323. The van der Waals surface area contributed by atoms with E-state index >= 15 is 0 Å². The van der Waals surface area contributed by atoms with Crippen LogP contribution >= 0.6 is 11.6 Å². The van der Waals surface area contributed by atoms with Crippen molar-refractivity contribution in [3.8, 4) is 33.5 Å². The van der Waals surface area contributed by atoms with Crippen molar-refractivity contribution in [2.45, 2.75) is 12.8 Å². The van der Waals surface area contributed by atoms with Crippen molar-refractivity contribution in [1.82, 2.24) is 19.9 Å². The molecular weight excluding hydrogens is 461 g/mol. The molecule has 5 aromatic rings. The normalized spacial score (nSPS) is 12.9. The largest absolute Gasteiger partial charge is 0.344 e. The van der Waals surface area contributed by atoms with Gasteiger partial charge in [-0.1, -0.05) is 18.2 Å². The van der Waals surface area contributed by atoms with Gasteiger partial charge in [0.25, 0.3) is 0 Å². The number of nitrogens with one attached hydrogen (secondary N) is 1. The molecule has 0 bridgehead atoms. The van der Waals surface area contributed by atoms with Crippen molar-refractivity contribution in [1.29, 1.82) is 0 Å². The fourth-order valence-corrected chi connectivity index (χ4v) is 4.53. The third kappa shape index (κ3) is 4.02. The van der Waals surface area contributed by atoms with E-state index in [4.69, 9.17) is 11.6 Å². The van der Waals surface area contributed by atoms with Gasteiger partial charge in [-0.3, -0.25) is 4.98 Å². The lowest BCUT2D eigenvalue weighted by molar-refractivity contribution is 0.631. The molecule has 0 amide bonds. The summed E-state index contributed by atoms with van der Waals surface area (Å²) < 4.78 is 14.7. The summed E-state index contributed by atoms with van der Waals surface area (Å²) in [7, 11) is 0. The highest BCUT2D eigenvalue weighted by molar-refractivity contribution is 6.30. The van der Waals surface area contributed by atoms with E-state index in [0.717, 1.165) is 57.6 Å². The predicted molar refractivity (Wildman–Crippen MR) is 137 cm³/mol. The Morgan fingerprint density at radius 3 is 2.66 bits per heavy atom. The lowest BCUT2D eigenvalue weighted by Gasteiger charge is -2.19. The first kappa shape index (κ1) is 21.4. The summed E-state index contributed by atoms with van der Waals surface area (Å²) in [6.07, 6.45) is 8.90. The van der Waals surface area contributed by atoms with Gasteiger partial charge >= 0.3 is 0 Å². The van der Waals surface area contributed by atoms with Crippen molar-refractivity contribution in [2.75, 3.05) is 5.32 Å². The van der Waals surface area contributed by atoms with Gasteiger partial charge in [0, 0.05) is 63.1 Å². The molecule has 0 saturated heterocycles. The van der Waals surface area contributed by atoms with E-state index < -0.39 is 5.82 Å². The van der Waals surface area contributed by atoms with Gasteiger partial charge < -0.3 is 5.32 Å². The highest BCUT2D eigenvalue weighted by atomic mass is 35.5. The molecule has 6 rings (SSSR count). The molecule has 0 radical (unpaired) electrons. The molecule has 0 fully saturated rings. The number of fused-ring (bicyclic) bond motifs is 2. The van der Waals surface area contributed by atoms with Crippen LogP contribution in [0, 0.1) is 5.82 Å². The summed E-state index contributed by atoms with van der Waals surface area (Å²) in [6.45, 7) is 4.00. The maximum Gasteiger partial charge on any atom is 0.160 e. The molecule has 0 saturated carbocycles. The number of rotatable bonds is 3. The molecule has 7 heteroatoms. The van der Waals surface area contributed by atoms with Crippen LogP contribution in [0.15, 0.2) is 85.6 Å². The predicted octanol–water partition coefficient (Wildman–Crippen LogP) is 7.09. The Kier molecular flexibility index (Phi) is 5.23. The lowest BCUT2D eigenvalue weighted by Crippen LogP contribution is -2.10. The van der Waals surface area contributed by atoms with Gasteiger partial charge in [0.1, 0.15) is 11.6 Å². The molecule has 5 nitrogen and oxygen atoms in total. The van der Waals surface area contributed by atoms with Crippen LogP contribution in [0.4, 0.5) is 10.2 Å². The minimum atomic E-state index is -0.397. The first-order valence-corrected chi connectivity index (χ1v) is 11.5. The van der Waals surface area contributed by atoms with Crippen molar-refractivity contribution < 1.29 is 4.39 Å². The van der Waals surface area contributed by atoms with Gasteiger partial charge in [-0.05, 0) is 72.5 Å². The number of nitrogens with zero attached hydrogens (tertiary/aromatic N) is 4. The number of halogens is 2. The van der Waals surface area contributed by atoms with E-state index in [1.54, 1.807) is 18.5 Å². The number of aromatic nitrogens is 4. The summed E-state index contributed by atoms with van der Waals surface area (Å²) in [4.78, 5) is 18.1. The van der Waals surface area contributed by atoms with Gasteiger partial charge in [0.05, 0.1) is 5.69 Å². The topological polar surface area (TPSA) is 63.6 Å². The van der Waals surface area contributed by atoms with E-state index in [2.05, 4.69) is 44.0 Å². The van der Waals surface area contributed by atoms with Crippen LogP contribution in [0.5, 0.6) is 0 Å². The zero-order valence-corrected chi connectivity index (χ0v) is 19.4. The van der Waals surface area contributed by atoms with Crippen LogP contribution in [0.2, 0.25) is 5.02 Å². The minimum Gasteiger partial charge on any atom is -0.344 e.